The third-order valence-electron chi connectivity index (χ3n) is 2.75. The summed E-state index contributed by atoms with van der Waals surface area (Å²) in [5.41, 5.74) is 0.576. The molecule has 0 saturated carbocycles. The van der Waals surface area contributed by atoms with Crippen LogP contribution in [-0.4, -0.2) is 31.5 Å². The normalized spacial score (nSPS) is 10.3. The first-order valence-electron chi connectivity index (χ1n) is 7.30. The van der Waals surface area contributed by atoms with Gasteiger partial charge in [0.2, 0.25) is 5.91 Å². The van der Waals surface area contributed by atoms with Crippen molar-refractivity contribution in [2.45, 2.75) is 27.2 Å². The van der Waals surface area contributed by atoms with Crippen molar-refractivity contribution in [3.63, 3.8) is 0 Å². The molecule has 0 bridgehead atoms. The SMILES string of the molecule is CCOc1ccc(C(=O)NCCNC(=O)CC(C)C)cc1. The Morgan fingerprint density at radius 1 is 1.10 bits per heavy atom. The molecule has 0 fully saturated rings. The second-order valence-electron chi connectivity index (χ2n) is 5.16. The molecule has 1 rings (SSSR count). The zero-order chi connectivity index (χ0) is 15.7. The second kappa shape index (κ2) is 9.00. The Bertz CT molecular complexity index is 455. The van der Waals surface area contributed by atoms with Gasteiger partial charge in [-0.1, -0.05) is 13.8 Å². The summed E-state index contributed by atoms with van der Waals surface area (Å²) in [5.74, 6) is 0.940. The van der Waals surface area contributed by atoms with Crippen molar-refractivity contribution in [2.24, 2.45) is 5.92 Å². The highest BCUT2D eigenvalue weighted by Crippen LogP contribution is 2.11. The summed E-state index contributed by atoms with van der Waals surface area (Å²) >= 11 is 0. The van der Waals surface area contributed by atoms with Crippen molar-refractivity contribution in [3.8, 4) is 5.75 Å². The van der Waals surface area contributed by atoms with E-state index in [0.717, 1.165) is 5.75 Å². The van der Waals surface area contributed by atoms with Crippen LogP contribution in [0.5, 0.6) is 5.75 Å². The van der Waals surface area contributed by atoms with E-state index in [1.165, 1.54) is 0 Å². The quantitative estimate of drug-likeness (QED) is 0.720. The zero-order valence-electron chi connectivity index (χ0n) is 12.9. The standard InChI is InChI=1S/C16H24N2O3/c1-4-21-14-7-5-13(6-8-14)16(20)18-10-9-17-15(19)11-12(2)3/h5-8,12H,4,9-11H2,1-3H3,(H,17,19)(H,18,20). The molecule has 21 heavy (non-hydrogen) atoms. The van der Waals surface area contributed by atoms with Crippen molar-refractivity contribution in [2.75, 3.05) is 19.7 Å². The number of hydrogen-bond acceptors (Lipinski definition) is 3. The number of carbonyl (C=O) groups excluding carboxylic acids is 2. The first kappa shape index (κ1) is 17.0. The van der Waals surface area contributed by atoms with E-state index in [2.05, 4.69) is 10.6 Å². The van der Waals surface area contributed by atoms with Gasteiger partial charge in [0, 0.05) is 25.1 Å². The molecule has 0 unspecified atom stereocenters. The van der Waals surface area contributed by atoms with Crippen molar-refractivity contribution in [3.05, 3.63) is 29.8 Å². The van der Waals surface area contributed by atoms with Gasteiger partial charge in [0.05, 0.1) is 6.61 Å². The summed E-state index contributed by atoms with van der Waals surface area (Å²) in [6, 6.07) is 6.97. The van der Waals surface area contributed by atoms with Crippen LogP contribution in [0.15, 0.2) is 24.3 Å². The Kier molecular flexibility index (Phi) is 7.29. The monoisotopic (exact) mass is 292 g/mol. The van der Waals surface area contributed by atoms with Gasteiger partial charge in [-0.15, -0.1) is 0 Å². The van der Waals surface area contributed by atoms with Gasteiger partial charge in [-0.25, -0.2) is 0 Å². The molecule has 0 atom stereocenters. The molecule has 5 nitrogen and oxygen atoms in total. The smallest absolute Gasteiger partial charge is 0.251 e. The highest BCUT2D eigenvalue weighted by Gasteiger charge is 2.06. The Morgan fingerprint density at radius 3 is 2.29 bits per heavy atom. The van der Waals surface area contributed by atoms with Crippen LogP contribution in [0.3, 0.4) is 0 Å². The lowest BCUT2D eigenvalue weighted by molar-refractivity contribution is -0.121. The molecule has 2 N–H and O–H groups in total. The minimum absolute atomic E-state index is 0.0142. The molecule has 0 radical (unpaired) electrons. The molecule has 0 aliphatic heterocycles. The molecule has 0 aliphatic carbocycles. The summed E-state index contributed by atoms with van der Waals surface area (Å²) in [6.07, 6.45) is 0.507. The lowest BCUT2D eigenvalue weighted by Gasteiger charge is -2.09. The molecule has 116 valence electrons. The maximum atomic E-state index is 11.9. The number of ether oxygens (including phenoxy) is 1. The maximum absolute atomic E-state index is 11.9. The van der Waals surface area contributed by atoms with Crippen LogP contribution in [0.1, 0.15) is 37.6 Å². The molecule has 1 aromatic carbocycles. The van der Waals surface area contributed by atoms with Crippen LogP contribution >= 0.6 is 0 Å². The van der Waals surface area contributed by atoms with Gasteiger partial charge in [0.15, 0.2) is 0 Å². The second-order valence-corrected chi connectivity index (χ2v) is 5.16. The van der Waals surface area contributed by atoms with Crippen molar-refractivity contribution in [1.29, 1.82) is 0 Å². The maximum Gasteiger partial charge on any atom is 0.251 e. The minimum atomic E-state index is -0.156. The number of nitrogens with one attached hydrogen (secondary N) is 2. The van der Waals surface area contributed by atoms with Gasteiger partial charge in [0.25, 0.3) is 5.91 Å². The predicted molar refractivity (Wildman–Crippen MR) is 82.4 cm³/mol. The van der Waals surface area contributed by atoms with Gasteiger partial charge in [-0.3, -0.25) is 9.59 Å². The Labute approximate surface area is 126 Å². The van der Waals surface area contributed by atoms with Crippen molar-refractivity contribution < 1.29 is 14.3 Å². The van der Waals surface area contributed by atoms with E-state index in [1.807, 2.05) is 20.8 Å². The first-order chi connectivity index (χ1) is 10.0. The average Bonchev–Trinajstić information content (AvgIpc) is 2.44. The first-order valence-corrected chi connectivity index (χ1v) is 7.30. The van der Waals surface area contributed by atoms with Crippen LogP contribution in [0.2, 0.25) is 0 Å². The number of carbonyl (C=O) groups is 2. The molecule has 1 aromatic rings. The highest BCUT2D eigenvalue weighted by atomic mass is 16.5. The van der Waals surface area contributed by atoms with Crippen LogP contribution in [-0.2, 0) is 4.79 Å². The largest absolute Gasteiger partial charge is 0.494 e. The van der Waals surface area contributed by atoms with Gasteiger partial charge >= 0.3 is 0 Å². The lowest BCUT2D eigenvalue weighted by atomic mass is 10.1. The number of benzene rings is 1. The molecule has 5 heteroatoms. The molecule has 2 amide bonds. The van der Waals surface area contributed by atoms with Crippen molar-refractivity contribution in [1.82, 2.24) is 10.6 Å². The molecule has 0 saturated heterocycles. The Hall–Kier alpha value is -2.04. The van der Waals surface area contributed by atoms with Gasteiger partial charge in [-0.05, 0) is 37.1 Å². The van der Waals surface area contributed by atoms with Crippen LogP contribution in [0, 0.1) is 5.92 Å². The number of amides is 2. The third kappa shape index (κ3) is 6.79. The molecule has 0 heterocycles. The topological polar surface area (TPSA) is 67.4 Å². The van der Waals surface area contributed by atoms with Crippen LogP contribution in [0.4, 0.5) is 0 Å². The summed E-state index contributed by atoms with van der Waals surface area (Å²) in [4.78, 5) is 23.3. The summed E-state index contributed by atoms with van der Waals surface area (Å²) in [7, 11) is 0. The van der Waals surface area contributed by atoms with E-state index in [9.17, 15) is 9.59 Å². The third-order valence-corrected chi connectivity index (χ3v) is 2.75. The van der Waals surface area contributed by atoms with Crippen molar-refractivity contribution >= 4 is 11.8 Å². The Morgan fingerprint density at radius 2 is 1.71 bits per heavy atom. The van der Waals surface area contributed by atoms with Crippen LogP contribution in [0.25, 0.3) is 0 Å². The summed E-state index contributed by atoms with van der Waals surface area (Å²) in [5, 5.41) is 5.54. The fourth-order valence-corrected chi connectivity index (χ4v) is 1.79. The van der Waals surface area contributed by atoms with E-state index >= 15 is 0 Å². The van der Waals surface area contributed by atoms with E-state index in [1.54, 1.807) is 24.3 Å². The average molecular weight is 292 g/mol. The van der Waals surface area contributed by atoms with Crippen LogP contribution < -0.4 is 15.4 Å². The van der Waals surface area contributed by atoms with Gasteiger partial charge in [0.1, 0.15) is 5.75 Å². The van der Waals surface area contributed by atoms with E-state index in [0.29, 0.717) is 37.6 Å². The number of rotatable bonds is 8. The molecule has 0 aromatic heterocycles. The highest BCUT2D eigenvalue weighted by molar-refractivity contribution is 5.94. The van der Waals surface area contributed by atoms with E-state index in [4.69, 9.17) is 4.74 Å². The van der Waals surface area contributed by atoms with E-state index in [-0.39, 0.29) is 11.8 Å². The number of hydrogen-bond donors (Lipinski definition) is 2. The molecule has 0 aliphatic rings. The predicted octanol–water partition coefficient (Wildman–Crippen LogP) is 1.98. The summed E-state index contributed by atoms with van der Waals surface area (Å²) in [6.45, 7) is 7.35. The lowest BCUT2D eigenvalue weighted by Crippen LogP contribution is -2.35. The van der Waals surface area contributed by atoms with Gasteiger partial charge < -0.3 is 15.4 Å². The summed E-state index contributed by atoms with van der Waals surface area (Å²) < 4.78 is 5.32. The minimum Gasteiger partial charge on any atom is -0.494 e. The van der Waals surface area contributed by atoms with E-state index < -0.39 is 0 Å². The van der Waals surface area contributed by atoms with Gasteiger partial charge in [-0.2, -0.15) is 0 Å². The fraction of sp³-hybridized carbons (Fsp3) is 0.500. The molecular formula is C16H24N2O3. The fourth-order valence-electron chi connectivity index (χ4n) is 1.79. The Balaban J connectivity index is 2.29. The molecular weight excluding hydrogens is 268 g/mol. The molecule has 0 spiro atoms. The zero-order valence-corrected chi connectivity index (χ0v) is 12.9.